The molecule has 0 bridgehead atoms. The minimum absolute atomic E-state index is 0.0208. The molecule has 0 unspecified atom stereocenters. The lowest BCUT2D eigenvalue weighted by atomic mass is 10.1. The molecule has 176 valence electrons. The SMILES string of the molecule is COc1ccc(-c2nnc(SCC(=O)c3ccc4c(c3)NC(=O)CO4)n2C[C@@H]2CCCO2)cc1. The fourth-order valence-electron chi connectivity index (χ4n) is 3.98. The lowest BCUT2D eigenvalue weighted by Gasteiger charge is -2.18. The summed E-state index contributed by atoms with van der Waals surface area (Å²) in [5, 5.41) is 12.2. The van der Waals surface area contributed by atoms with Crippen LogP contribution in [0.4, 0.5) is 5.69 Å². The van der Waals surface area contributed by atoms with Crippen LogP contribution in [0, 0.1) is 0 Å². The minimum atomic E-state index is -0.236. The summed E-state index contributed by atoms with van der Waals surface area (Å²) in [6, 6.07) is 12.7. The van der Waals surface area contributed by atoms with Crippen LogP contribution >= 0.6 is 11.8 Å². The summed E-state index contributed by atoms with van der Waals surface area (Å²) < 4.78 is 18.5. The zero-order chi connectivity index (χ0) is 23.5. The lowest BCUT2D eigenvalue weighted by molar-refractivity contribution is -0.118. The molecular formula is C24H24N4O5S. The Morgan fingerprint density at radius 3 is 2.85 bits per heavy atom. The van der Waals surface area contributed by atoms with E-state index in [1.165, 1.54) is 11.8 Å². The molecule has 0 radical (unpaired) electrons. The zero-order valence-electron chi connectivity index (χ0n) is 18.7. The number of Topliss-reactive ketones (excluding diaryl/α,β-unsaturated/α-hetero) is 1. The second-order valence-electron chi connectivity index (χ2n) is 8.04. The average molecular weight is 481 g/mol. The Balaban J connectivity index is 1.35. The average Bonchev–Trinajstić information content (AvgIpc) is 3.52. The third-order valence-electron chi connectivity index (χ3n) is 5.74. The minimum Gasteiger partial charge on any atom is -0.497 e. The molecule has 0 aliphatic carbocycles. The Kier molecular flexibility index (Phi) is 6.50. The molecule has 5 rings (SSSR count). The van der Waals surface area contributed by atoms with E-state index in [-0.39, 0.29) is 30.2 Å². The van der Waals surface area contributed by atoms with E-state index < -0.39 is 0 Å². The number of ketones is 1. The van der Waals surface area contributed by atoms with E-state index in [2.05, 4.69) is 15.5 Å². The van der Waals surface area contributed by atoms with Crippen LogP contribution in [0.2, 0.25) is 0 Å². The predicted octanol–water partition coefficient (Wildman–Crippen LogP) is 3.44. The van der Waals surface area contributed by atoms with E-state index in [0.717, 1.165) is 36.6 Å². The molecule has 0 spiro atoms. The standard InChI is InChI=1S/C24H24N4O5S/c1-31-17-7-4-15(5-8-17)23-26-27-24(28(23)12-18-3-2-10-32-18)34-14-20(29)16-6-9-21-19(11-16)25-22(30)13-33-21/h4-9,11,18H,2-3,10,12-14H2,1H3,(H,25,30)/t18-/m0/s1. The molecule has 2 aromatic carbocycles. The van der Waals surface area contributed by atoms with Gasteiger partial charge in [0.15, 0.2) is 23.4 Å². The first-order valence-corrected chi connectivity index (χ1v) is 12.0. The van der Waals surface area contributed by atoms with Crippen molar-refractivity contribution in [2.75, 3.05) is 31.4 Å². The summed E-state index contributed by atoms with van der Waals surface area (Å²) in [6.45, 7) is 1.35. The maximum absolute atomic E-state index is 12.9. The number of carbonyl (C=O) groups excluding carboxylic acids is 2. The van der Waals surface area contributed by atoms with Crippen molar-refractivity contribution in [1.29, 1.82) is 0 Å². The predicted molar refractivity (Wildman–Crippen MR) is 127 cm³/mol. The highest BCUT2D eigenvalue weighted by molar-refractivity contribution is 7.99. The van der Waals surface area contributed by atoms with Gasteiger partial charge in [0.25, 0.3) is 5.91 Å². The van der Waals surface area contributed by atoms with Crippen LogP contribution in [-0.4, -0.2) is 58.6 Å². The first kappa shape index (κ1) is 22.4. The summed E-state index contributed by atoms with van der Waals surface area (Å²) in [4.78, 5) is 24.5. The Bertz CT molecular complexity index is 1200. The van der Waals surface area contributed by atoms with E-state index in [0.29, 0.717) is 28.7 Å². The molecule has 3 aromatic rings. The monoisotopic (exact) mass is 480 g/mol. The molecule has 0 saturated carbocycles. The molecule has 9 nitrogen and oxygen atoms in total. The van der Waals surface area contributed by atoms with Crippen LogP contribution in [0.25, 0.3) is 11.4 Å². The van der Waals surface area contributed by atoms with Gasteiger partial charge in [-0.15, -0.1) is 10.2 Å². The van der Waals surface area contributed by atoms with Crippen molar-refractivity contribution >= 4 is 29.1 Å². The number of thioether (sulfide) groups is 1. The number of nitrogens with zero attached hydrogens (tertiary/aromatic N) is 3. The van der Waals surface area contributed by atoms with Gasteiger partial charge in [0.2, 0.25) is 0 Å². The summed E-state index contributed by atoms with van der Waals surface area (Å²) in [5.41, 5.74) is 1.92. The summed E-state index contributed by atoms with van der Waals surface area (Å²) in [6.07, 6.45) is 2.10. The van der Waals surface area contributed by atoms with Gasteiger partial charge in [0.05, 0.1) is 31.2 Å². The molecule has 1 amide bonds. The van der Waals surface area contributed by atoms with Gasteiger partial charge in [-0.3, -0.25) is 14.2 Å². The van der Waals surface area contributed by atoms with Crippen molar-refractivity contribution in [3.05, 3.63) is 48.0 Å². The number of rotatable bonds is 8. The number of carbonyl (C=O) groups is 2. The van der Waals surface area contributed by atoms with Gasteiger partial charge in [-0.25, -0.2) is 0 Å². The number of ether oxygens (including phenoxy) is 3. The first-order valence-electron chi connectivity index (χ1n) is 11.0. The van der Waals surface area contributed by atoms with E-state index in [1.807, 2.05) is 28.8 Å². The number of hydrogen-bond acceptors (Lipinski definition) is 8. The van der Waals surface area contributed by atoms with E-state index in [9.17, 15) is 9.59 Å². The fraction of sp³-hybridized carbons (Fsp3) is 0.333. The maximum Gasteiger partial charge on any atom is 0.262 e. The second-order valence-corrected chi connectivity index (χ2v) is 8.98. The van der Waals surface area contributed by atoms with Crippen LogP contribution in [0.3, 0.4) is 0 Å². The number of anilines is 1. The van der Waals surface area contributed by atoms with E-state index in [1.54, 1.807) is 25.3 Å². The molecule has 1 aromatic heterocycles. The van der Waals surface area contributed by atoms with Crippen LogP contribution in [0.15, 0.2) is 47.6 Å². The number of fused-ring (bicyclic) bond motifs is 1. The Morgan fingerprint density at radius 2 is 2.09 bits per heavy atom. The van der Waals surface area contributed by atoms with Gasteiger partial charge < -0.3 is 19.5 Å². The van der Waals surface area contributed by atoms with Crippen LogP contribution in [-0.2, 0) is 16.1 Å². The number of amides is 1. The molecule has 2 aliphatic rings. The van der Waals surface area contributed by atoms with Crippen molar-refractivity contribution in [3.8, 4) is 22.9 Å². The summed E-state index contributed by atoms with van der Waals surface area (Å²) in [7, 11) is 1.63. The van der Waals surface area contributed by atoms with Gasteiger partial charge in [0, 0.05) is 17.7 Å². The first-order chi connectivity index (χ1) is 16.6. The van der Waals surface area contributed by atoms with Gasteiger partial charge in [-0.05, 0) is 55.3 Å². The Morgan fingerprint density at radius 1 is 1.24 bits per heavy atom. The summed E-state index contributed by atoms with van der Waals surface area (Å²) in [5.74, 6) is 1.91. The number of nitrogens with one attached hydrogen (secondary N) is 1. The van der Waals surface area contributed by atoms with Crippen molar-refractivity contribution in [2.45, 2.75) is 30.6 Å². The van der Waals surface area contributed by atoms with E-state index in [4.69, 9.17) is 14.2 Å². The fourth-order valence-corrected chi connectivity index (χ4v) is 4.82. The Hall–Kier alpha value is -3.37. The molecule has 1 fully saturated rings. The lowest BCUT2D eigenvalue weighted by Crippen LogP contribution is -2.25. The molecule has 1 N–H and O–H groups in total. The maximum atomic E-state index is 12.9. The van der Waals surface area contributed by atoms with Gasteiger partial charge in [0.1, 0.15) is 11.5 Å². The molecule has 2 aliphatic heterocycles. The highest BCUT2D eigenvalue weighted by Gasteiger charge is 2.23. The van der Waals surface area contributed by atoms with Crippen molar-refractivity contribution < 1.29 is 23.8 Å². The molecule has 10 heteroatoms. The van der Waals surface area contributed by atoms with Gasteiger partial charge >= 0.3 is 0 Å². The van der Waals surface area contributed by atoms with E-state index >= 15 is 0 Å². The highest BCUT2D eigenvalue weighted by atomic mass is 32.2. The smallest absolute Gasteiger partial charge is 0.262 e. The molecule has 1 saturated heterocycles. The van der Waals surface area contributed by atoms with Crippen LogP contribution in [0.1, 0.15) is 23.2 Å². The van der Waals surface area contributed by atoms with Gasteiger partial charge in [-0.2, -0.15) is 0 Å². The second kappa shape index (κ2) is 9.86. The topological polar surface area (TPSA) is 105 Å². The summed E-state index contributed by atoms with van der Waals surface area (Å²) >= 11 is 1.34. The molecular weight excluding hydrogens is 456 g/mol. The van der Waals surface area contributed by atoms with Gasteiger partial charge in [-0.1, -0.05) is 11.8 Å². The third-order valence-corrected chi connectivity index (χ3v) is 6.71. The molecule has 1 atom stereocenters. The van der Waals surface area contributed by atoms with Crippen molar-refractivity contribution in [3.63, 3.8) is 0 Å². The molecule has 34 heavy (non-hydrogen) atoms. The zero-order valence-corrected chi connectivity index (χ0v) is 19.5. The normalized spacial score (nSPS) is 17.1. The number of hydrogen-bond donors (Lipinski definition) is 1. The van der Waals surface area contributed by atoms with Crippen molar-refractivity contribution in [1.82, 2.24) is 14.8 Å². The highest BCUT2D eigenvalue weighted by Crippen LogP contribution is 2.31. The van der Waals surface area contributed by atoms with Crippen molar-refractivity contribution in [2.24, 2.45) is 0 Å². The number of benzene rings is 2. The van der Waals surface area contributed by atoms with Crippen LogP contribution < -0.4 is 14.8 Å². The quantitative estimate of drug-likeness (QED) is 0.386. The largest absolute Gasteiger partial charge is 0.497 e. The van der Waals surface area contributed by atoms with Crippen LogP contribution in [0.5, 0.6) is 11.5 Å². The third kappa shape index (κ3) is 4.78. The Labute approximate surface area is 200 Å². The number of methoxy groups -OCH3 is 1. The number of aromatic nitrogens is 3. The molecule has 3 heterocycles.